The van der Waals surface area contributed by atoms with Crippen molar-refractivity contribution in [2.24, 2.45) is 5.73 Å². The van der Waals surface area contributed by atoms with E-state index in [-0.39, 0.29) is 6.17 Å². The molecule has 0 aromatic rings. The van der Waals surface area contributed by atoms with E-state index < -0.39 is 8.80 Å². The van der Waals surface area contributed by atoms with Crippen molar-refractivity contribution in [3.05, 3.63) is 0 Å². The third-order valence-electron chi connectivity index (χ3n) is 2.80. The number of nitrogens with two attached hydrogens (primary N) is 1. The Balaban J connectivity index is 4.05. The molecule has 4 N–H and O–H groups in total. The molecule has 7 heteroatoms. The van der Waals surface area contributed by atoms with Crippen LogP contribution in [0.25, 0.3) is 0 Å². The Morgan fingerprint density at radius 1 is 0.950 bits per heavy atom. The fraction of sp³-hybridized carbons (Fsp3) is 1.00. The first-order valence-electron chi connectivity index (χ1n) is 7.72. The number of hydrogen-bond acceptors (Lipinski definition) is 6. The molecule has 6 nitrogen and oxygen atoms in total. The van der Waals surface area contributed by atoms with Crippen molar-refractivity contribution in [3.8, 4) is 0 Å². The summed E-state index contributed by atoms with van der Waals surface area (Å²) >= 11 is 0. The van der Waals surface area contributed by atoms with E-state index in [1.54, 1.807) is 0 Å². The fourth-order valence-electron chi connectivity index (χ4n) is 2.00. The van der Waals surface area contributed by atoms with Gasteiger partial charge < -0.3 is 29.6 Å². The average molecular weight is 308 g/mol. The number of hydrogen-bond donors (Lipinski definition) is 3. The molecular formula is C13H33N3O3Si. The molecule has 0 heterocycles. The largest absolute Gasteiger partial charge is 0.500 e. The van der Waals surface area contributed by atoms with Crippen LogP contribution in [0, 0.1) is 0 Å². The molecule has 0 saturated heterocycles. The smallest absolute Gasteiger partial charge is 0.374 e. The van der Waals surface area contributed by atoms with Gasteiger partial charge >= 0.3 is 8.80 Å². The van der Waals surface area contributed by atoms with Gasteiger partial charge in [-0.2, -0.15) is 0 Å². The van der Waals surface area contributed by atoms with Crippen LogP contribution in [0.5, 0.6) is 0 Å². The summed E-state index contributed by atoms with van der Waals surface area (Å²) in [6.45, 7) is 12.3. The molecule has 0 saturated carbocycles. The lowest BCUT2D eigenvalue weighted by atomic mass is 10.4. The van der Waals surface area contributed by atoms with E-state index in [0.29, 0.717) is 26.4 Å². The average Bonchev–Trinajstić information content (AvgIpc) is 2.42. The summed E-state index contributed by atoms with van der Waals surface area (Å²) in [5.41, 5.74) is 5.45. The van der Waals surface area contributed by atoms with Crippen molar-refractivity contribution in [1.29, 1.82) is 0 Å². The number of rotatable bonds is 14. The van der Waals surface area contributed by atoms with Gasteiger partial charge in [0.25, 0.3) is 0 Å². The molecule has 0 aliphatic rings. The van der Waals surface area contributed by atoms with Crippen LogP contribution in [0.1, 0.15) is 34.1 Å². The van der Waals surface area contributed by atoms with Crippen LogP contribution in [-0.2, 0) is 13.3 Å². The lowest BCUT2D eigenvalue weighted by Crippen LogP contribution is -2.47. The molecule has 1 atom stereocenters. The van der Waals surface area contributed by atoms with Gasteiger partial charge in [-0.1, -0.05) is 0 Å². The quantitative estimate of drug-likeness (QED) is 0.251. The SMILES string of the molecule is CCO[Si](CCCNC(C)NCCN)(OCC)OCC. The second-order valence-electron chi connectivity index (χ2n) is 4.50. The summed E-state index contributed by atoms with van der Waals surface area (Å²) < 4.78 is 17.5. The fourth-order valence-corrected chi connectivity index (χ4v) is 4.61. The van der Waals surface area contributed by atoms with E-state index in [1.165, 1.54) is 0 Å². The highest BCUT2D eigenvalue weighted by Crippen LogP contribution is 2.17. The van der Waals surface area contributed by atoms with Gasteiger partial charge in [-0.3, -0.25) is 0 Å². The van der Waals surface area contributed by atoms with E-state index in [9.17, 15) is 0 Å². The normalized spacial score (nSPS) is 13.7. The predicted octanol–water partition coefficient (Wildman–Crippen LogP) is 0.909. The summed E-state index contributed by atoms with van der Waals surface area (Å²) in [5, 5.41) is 6.69. The van der Waals surface area contributed by atoms with E-state index in [2.05, 4.69) is 17.6 Å². The van der Waals surface area contributed by atoms with Crippen LogP contribution in [-0.4, -0.2) is 54.4 Å². The minimum Gasteiger partial charge on any atom is -0.374 e. The van der Waals surface area contributed by atoms with Crippen molar-refractivity contribution in [3.63, 3.8) is 0 Å². The minimum atomic E-state index is -2.47. The lowest BCUT2D eigenvalue weighted by Gasteiger charge is -2.28. The third-order valence-corrected chi connectivity index (χ3v) is 5.95. The molecule has 0 spiro atoms. The topological polar surface area (TPSA) is 77.8 Å². The molecule has 0 aromatic heterocycles. The highest BCUT2D eigenvalue weighted by Gasteiger charge is 2.39. The Hall–Kier alpha value is -0.0231. The van der Waals surface area contributed by atoms with E-state index >= 15 is 0 Å². The Morgan fingerprint density at radius 3 is 1.90 bits per heavy atom. The lowest BCUT2D eigenvalue weighted by molar-refractivity contribution is 0.0707. The highest BCUT2D eigenvalue weighted by molar-refractivity contribution is 6.60. The summed E-state index contributed by atoms with van der Waals surface area (Å²) in [5.74, 6) is 0. The molecule has 0 aliphatic carbocycles. The van der Waals surface area contributed by atoms with Crippen LogP contribution in [0.2, 0.25) is 6.04 Å². The zero-order valence-corrected chi connectivity index (χ0v) is 14.5. The zero-order valence-electron chi connectivity index (χ0n) is 13.5. The van der Waals surface area contributed by atoms with Crippen LogP contribution >= 0.6 is 0 Å². The third kappa shape index (κ3) is 9.01. The predicted molar refractivity (Wildman–Crippen MR) is 84.6 cm³/mol. The van der Waals surface area contributed by atoms with Gasteiger partial charge in [-0.25, -0.2) is 0 Å². The summed E-state index contributed by atoms with van der Waals surface area (Å²) in [4.78, 5) is 0. The summed E-state index contributed by atoms with van der Waals surface area (Å²) in [7, 11) is -2.47. The van der Waals surface area contributed by atoms with Crippen molar-refractivity contribution in [1.82, 2.24) is 10.6 Å². The van der Waals surface area contributed by atoms with Crippen LogP contribution in [0.4, 0.5) is 0 Å². The van der Waals surface area contributed by atoms with Crippen molar-refractivity contribution < 1.29 is 13.3 Å². The molecule has 0 bridgehead atoms. The van der Waals surface area contributed by atoms with E-state index in [0.717, 1.165) is 25.6 Å². The molecular weight excluding hydrogens is 274 g/mol. The highest BCUT2D eigenvalue weighted by atomic mass is 28.4. The molecule has 0 fully saturated rings. The van der Waals surface area contributed by atoms with Gasteiger partial charge in [0.05, 0.1) is 6.17 Å². The molecule has 0 amide bonds. The molecule has 122 valence electrons. The molecule has 0 radical (unpaired) electrons. The molecule has 0 aromatic carbocycles. The van der Waals surface area contributed by atoms with Gasteiger partial charge in [0.2, 0.25) is 0 Å². The van der Waals surface area contributed by atoms with Gasteiger partial charge in [-0.05, 0) is 40.7 Å². The van der Waals surface area contributed by atoms with Gasteiger partial charge in [0.1, 0.15) is 0 Å². The summed E-state index contributed by atoms with van der Waals surface area (Å²) in [6, 6.07) is 0.846. The monoisotopic (exact) mass is 307 g/mol. The van der Waals surface area contributed by atoms with Gasteiger partial charge in [0, 0.05) is 39.0 Å². The van der Waals surface area contributed by atoms with Gasteiger partial charge in [-0.15, -0.1) is 0 Å². The number of nitrogens with one attached hydrogen (secondary N) is 2. The Morgan fingerprint density at radius 2 is 1.45 bits per heavy atom. The van der Waals surface area contributed by atoms with Gasteiger partial charge in [0.15, 0.2) is 0 Å². The second-order valence-corrected chi connectivity index (χ2v) is 7.24. The Kier molecular flexibility index (Phi) is 12.7. The standard InChI is InChI=1S/C13H33N3O3Si/c1-5-17-20(18-6-2,19-7-3)12-8-10-15-13(4)16-11-9-14/h13,15-16H,5-12,14H2,1-4H3. The maximum Gasteiger partial charge on any atom is 0.500 e. The first kappa shape index (κ1) is 20.0. The van der Waals surface area contributed by atoms with E-state index in [1.807, 2.05) is 20.8 Å². The van der Waals surface area contributed by atoms with Crippen LogP contribution in [0.3, 0.4) is 0 Å². The van der Waals surface area contributed by atoms with Crippen molar-refractivity contribution in [2.75, 3.05) is 39.5 Å². The summed E-state index contributed by atoms with van der Waals surface area (Å²) in [6.07, 6.45) is 1.24. The molecule has 0 aliphatic heterocycles. The van der Waals surface area contributed by atoms with Crippen LogP contribution < -0.4 is 16.4 Å². The zero-order chi connectivity index (χ0) is 15.3. The Bertz CT molecular complexity index is 206. The molecule has 20 heavy (non-hydrogen) atoms. The maximum absolute atomic E-state index is 5.82. The molecule has 1 unspecified atom stereocenters. The maximum atomic E-state index is 5.82. The first-order chi connectivity index (χ1) is 9.64. The minimum absolute atomic E-state index is 0.265. The van der Waals surface area contributed by atoms with Crippen molar-refractivity contribution >= 4 is 8.80 Å². The van der Waals surface area contributed by atoms with E-state index in [4.69, 9.17) is 19.0 Å². The first-order valence-corrected chi connectivity index (χ1v) is 9.66. The van der Waals surface area contributed by atoms with Crippen molar-refractivity contribution in [2.45, 2.75) is 46.3 Å². The Labute approximate surface area is 125 Å². The van der Waals surface area contributed by atoms with Crippen LogP contribution in [0.15, 0.2) is 0 Å². The molecule has 0 rings (SSSR count). The second kappa shape index (κ2) is 12.7.